The molecule has 1 heterocycles. The monoisotopic (exact) mass is 306 g/mol. The second-order valence-electron chi connectivity index (χ2n) is 5.41. The van der Waals surface area contributed by atoms with Gasteiger partial charge in [-0.05, 0) is 62.4 Å². The lowest BCUT2D eigenvalue weighted by Crippen LogP contribution is -2.11. The summed E-state index contributed by atoms with van der Waals surface area (Å²) in [5.74, 6) is -0.160. The first-order chi connectivity index (χ1) is 11.0. The van der Waals surface area contributed by atoms with Crippen molar-refractivity contribution in [2.24, 2.45) is 0 Å². The predicted molar refractivity (Wildman–Crippen MR) is 91.8 cm³/mol. The lowest BCUT2D eigenvalue weighted by atomic mass is 10.2. The maximum absolute atomic E-state index is 12.2. The van der Waals surface area contributed by atoms with Gasteiger partial charge in [-0.2, -0.15) is 0 Å². The third-order valence-electron chi connectivity index (χ3n) is 3.83. The Hall–Kier alpha value is -3.08. The van der Waals surface area contributed by atoms with Crippen molar-refractivity contribution in [3.05, 3.63) is 71.8 Å². The second-order valence-corrected chi connectivity index (χ2v) is 5.41. The van der Waals surface area contributed by atoms with Gasteiger partial charge in [0.2, 0.25) is 0 Å². The highest BCUT2D eigenvalue weighted by molar-refractivity contribution is 6.04. The molecule has 23 heavy (non-hydrogen) atoms. The van der Waals surface area contributed by atoms with Gasteiger partial charge in [0, 0.05) is 28.3 Å². The van der Waals surface area contributed by atoms with Crippen LogP contribution in [0.3, 0.4) is 0 Å². The summed E-state index contributed by atoms with van der Waals surface area (Å²) in [6, 6.07) is 14.5. The Morgan fingerprint density at radius 3 is 2.26 bits per heavy atom. The van der Waals surface area contributed by atoms with Crippen LogP contribution in [0, 0.1) is 13.8 Å². The number of benzene rings is 2. The number of hydrogen-bond acceptors (Lipinski definition) is 3. The van der Waals surface area contributed by atoms with Gasteiger partial charge in [-0.3, -0.25) is 4.79 Å². The SMILES string of the molecule is Cc1ncn(-c2ccc(NC(=O)c3ccc(N)cc3)cc2)c1C. The lowest BCUT2D eigenvalue weighted by molar-refractivity contribution is 0.102. The topological polar surface area (TPSA) is 72.9 Å². The maximum Gasteiger partial charge on any atom is 0.255 e. The van der Waals surface area contributed by atoms with Gasteiger partial charge in [-0.25, -0.2) is 4.98 Å². The highest BCUT2D eigenvalue weighted by Gasteiger charge is 2.07. The zero-order valence-corrected chi connectivity index (χ0v) is 13.1. The van der Waals surface area contributed by atoms with Crippen molar-refractivity contribution in [1.29, 1.82) is 0 Å². The van der Waals surface area contributed by atoms with E-state index in [2.05, 4.69) is 10.3 Å². The van der Waals surface area contributed by atoms with Crippen LogP contribution in [-0.2, 0) is 0 Å². The number of nitrogens with two attached hydrogens (primary N) is 1. The molecule has 0 aliphatic heterocycles. The Bertz CT molecular complexity index is 832. The van der Waals surface area contributed by atoms with E-state index in [1.807, 2.05) is 42.7 Å². The summed E-state index contributed by atoms with van der Waals surface area (Å²) in [7, 11) is 0. The maximum atomic E-state index is 12.2. The highest BCUT2D eigenvalue weighted by atomic mass is 16.1. The fourth-order valence-corrected chi connectivity index (χ4v) is 2.30. The van der Waals surface area contributed by atoms with E-state index in [1.165, 1.54) is 0 Å². The standard InChI is InChI=1S/C18H18N4O/c1-12-13(2)22(11-20-12)17-9-7-16(8-10-17)21-18(23)14-3-5-15(19)6-4-14/h3-11H,19H2,1-2H3,(H,21,23). The van der Waals surface area contributed by atoms with Gasteiger partial charge < -0.3 is 15.6 Å². The molecule has 0 fully saturated rings. The summed E-state index contributed by atoms with van der Waals surface area (Å²) in [6.07, 6.45) is 1.80. The molecular weight excluding hydrogens is 288 g/mol. The highest BCUT2D eigenvalue weighted by Crippen LogP contribution is 2.17. The van der Waals surface area contributed by atoms with Gasteiger partial charge in [0.25, 0.3) is 5.91 Å². The molecule has 1 amide bonds. The number of aryl methyl sites for hydroxylation is 1. The van der Waals surface area contributed by atoms with Crippen molar-refractivity contribution in [3.8, 4) is 5.69 Å². The quantitative estimate of drug-likeness (QED) is 0.729. The summed E-state index contributed by atoms with van der Waals surface area (Å²) >= 11 is 0. The fourth-order valence-electron chi connectivity index (χ4n) is 2.30. The van der Waals surface area contributed by atoms with Crippen LogP contribution in [0.4, 0.5) is 11.4 Å². The summed E-state index contributed by atoms with van der Waals surface area (Å²) in [5, 5.41) is 2.87. The zero-order chi connectivity index (χ0) is 16.4. The molecule has 0 bridgehead atoms. The Labute approximate surface area is 134 Å². The molecule has 5 nitrogen and oxygen atoms in total. The first-order valence-electron chi connectivity index (χ1n) is 7.32. The Morgan fingerprint density at radius 2 is 1.70 bits per heavy atom. The molecule has 0 saturated heterocycles. The predicted octanol–water partition coefficient (Wildman–Crippen LogP) is 3.32. The molecule has 3 N–H and O–H groups in total. The van der Waals surface area contributed by atoms with Crippen LogP contribution in [0.2, 0.25) is 0 Å². The van der Waals surface area contributed by atoms with Crippen molar-refractivity contribution in [2.45, 2.75) is 13.8 Å². The van der Waals surface area contributed by atoms with E-state index in [9.17, 15) is 4.79 Å². The molecular formula is C18H18N4O. The molecule has 1 aromatic heterocycles. The molecule has 0 saturated carbocycles. The number of nitrogens with zero attached hydrogens (tertiary/aromatic N) is 2. The minimum absolute atomic E-state index is 0.160. The summed E-state index contributed by atoms with van der Waals surface area (Å²) < 4.78 is 2.01. The van der Waals surface area contributed by atoms with Crippen LogP contribution >= 0.6 is 0 Å². The number of carbonyl (C=O) groups excluding carboxylic acids is 1. The number of carbonyl (C=O) groups is 1. The van der Waals surface area contributed by atoms with Gasteiger partial charge in [0.15, 0.2) is 0 Å². The smallest absolute Gasteiger partial charge is 0.255 e. The van der Waals surface area contributed by atoms with Crippen molar-refractivity contribution >= 4 is 17.3 Å². The number of anilines is 2. The first kappa shape index (κ1) is 14.8. The number of nitrogen functional groups attached to an aromatic ring is 1. The van der Waals surface area contributed by atoms with Crippen LogP contribution in [0.1, 0.15) is 21.7 Å². The molecule has 116 valence electrons. The Kier molecular flexibility index (Phi) is 3.85. The van der Waals surface area contributed by atoms with Gasteiger partial charge in [-0.15, -0.1) is 0 Å². The molecule has 2 aromatic carbocycles. The first-order valence-corrected chi connectivity index (χ1v) is 7.32. The van der Waals surface area contributed by atoms with E-state index < -0.39 is 0 Å². The number of amides is 1. The van der Waals surface area contributed by atoms with Crippen LogP contribution in [-0.4, -0.2) is 15.5 Å². The van der Waals surface area contributed by atoms with E-state index in [-0.39, 0.29) is 5.91 Å². The molecule has 0 atom stereocenters. The van der Waals surface area contributed by atoms with E-state index >= 15 is 0 Å². The lowest BCUT2D eigenvalue weighted by Gasteiger charge is -2.09. The number of rotatable bonds is 3. The average molecular weight is 306 g/mol. The molecule has 3 rings (SSSR count). The van der Waals surface area contributed by atoms with Crippen molar-refractivity contribution in [2.75, 3.05) is 11.1 Å². The van der Waals surface area contributed by atoms with Gasteiger partial charge >= 0.3 is 0 Å². The second kappa shape index (κ2) is 5.96. The molecule has 0 aliphatic rings. The molecule has 0 radical (unpaired) electrons. The molecule has 0 spiro atoms. The van der Waals surface area contributed by atoms with Crippen LogP contribution in [0.15, 0.2) is 54.9 Å². The fraction of sp³-hybridized carbons (Fsp3) is 0.111. The number of nitrogens with one attached hydrogen (secondary N) is 1. The van der Waals surface area contributed by atoms with Gasteiger partial charge in [0.05, 0.1) is 12.0 Å². The molecule has 5 heteroatoms. The van der Waals surface area contributed by atoms with E-state index in [1.54, 1.807) is 30.6 Å². The van der Waals surface area contributed by atoms with E-state index in [4.69, 9.17) is 5.73 Å². The molecule has 0 unspecified atom stereocenters. The summed E-state index contributed by atoms with van der Waals surface area (Å²) in [5.41, 5.74) is 10.7. The molecule has 0 aliphatic carbocycles. The van der Waals surface area contributed by atoms with Crippen molar-refractivity contribution in [1.82, 2.24) is 9.55 Å². The van der Waals surface area contributed by atoms with Crippen molar-refractivity contribution < 1.29 is 4.79 Å². The Morgan fingerprint density at radius 1 is 1.04 bits per heavy atom. The van der Waals surface area contributed by atoms with Gasteiger partial charge in [0.1, 0.15) is 0 Å². The summed E-state index contributed by atoms with van der Waals surface area (Å²) in [6.45, 7) is 4.01. The number of hydrogen-bond donors (Lipinski definition) is 2. The van der Waals surface area contributed by atoms with Crippen LogP contribution < -0.4 is 11.1 Å². The normalized spacial score (nSPS) is 10.5. The van der Waals surface area contributed by atoms with Crippen LogP contribution in [0.25, 0.3) is 5.69 Å². The average Bonchev–Trinajstić information content (AvgIpc) is 2.88. The zero-order valence-electron chi connectivity index (χ0n) is 13.1. The number of imidazole rings is 1. The molecule has 3 aromatic rings. The largest absolute Gasteiger partial charge is 0.399 e. The minimum Gasteiger partial charge on any atom is -0.399 e. The Balaban J connectivity index is 1.76. The van der Waals surface area contributed by atoms with Crippen LogP contribution in [0.5, 0.6) is 0 Å². The summed E-state index contributed by atoms with van der Waals surface area (Å²) in [4.78, 5) is 16.5. The third kappa shape index (κ3) is 3.08. The van der Waals surface area contributed by atoms with E-state index in [0.29, 0.717) is 11.3 Å². The van der Waals surface area contributed by atoms with Crippen molar-refractivity contribution in [3.63, 3.8) is 0 Å². The minimum atomic E-state index is -0.160. The van der Waals surface area contributed by atoms with Gasteiger partial charge in [-0.1, -0.05) is 0 Å². The van der Waals surface area contributed by atoms with E-state index in [0.717, 1.165) is 22.8 Å². The number of aromatic nitrogens is 2. The third-order valence-corrected chi connectivity index (χ3v) is 3.83.